The summed E-state index contributed by atoms with van der Waals surface area (Å²) in [5, 5.41) is 0. The molecule has 0 bridgehead atoms. The first-order valence-electron chi connectivity index (χ1n) is 16.1. The lowest BCUT2D eigenvalue weighted by Crippen LogP contribution is -2.58. The highest BCUT2D eigenvalue weighted by atomic mass is 16.7. The molecule has 230 valence electrons. The predicted octanol–water partition coefficient (Wildman–Crippen LogP) is 4.72. The molecule has 4 aliphatic heterocycles. The monoisotopic (exact) mass is 579 g/mol. The van der Waals surface area contributed by atoms with Gasteiger partial charge >= 0.3 is 13.2 Å². The first-order chi connectivity index (χ1) is 19.5. The number of ether oxygens (including phenoxy) is 1. The molecule has 42 heavy (non-hydrogen) atoms. The Labute approximate surface area is 252 Å². The van der Waals surface area contributed by atoms with Gasteiger partial charge < -0.3 is 23.8 Å². The van der Waals surface area contributed by atoms with Gasteiger partial charge in [0, 0.05) is 44.0 Å². The third kappa shape index (κ3) is 4.88. The van der Waals surface area contributed by atoms with Crippen molar-refractivity contribution in [1.29, 1.82) is 0 Å². The highest BCUT2D eigenvalue weighted by molar-refractivity contribution is 6.62. The molecule has 1 spiro atoms. The normalized spacial score (nSPS) is 31.9. The Bertz CT molecular complexity index is 1220. The standard InChI is InChI=1S/C33H50BN3O5/c1-21-19-36(20-22(21)2)24-17-25(18-24)37-27-16-23(34-41-31(6,7)32(8,9)42-34)10-11-26(27)33(28(37)38)12-14-35(15-13-33)29(39)40-30(3,4)5/h10-11,16,21-22,24-25H,12-15,17-20H2,1-9H3/t21-,22+,24?,25?. The molecule has 0 radical (unpaired) electrons. The molecule has 6 rings (SSSR count). The maximum Gasteiger partial charge on any atom is 0.494 e. The van der Waals surface area contributed by atoms with Gasteiger partial charge in [-0.15, -0.1) is 0 Å². The summed E-state index contributed by atoms with van der Waals surface area (Å²) in [6.07, 6.45) is 2.91. The van der Waals surface area contributed by atoms with E-state index >= 15 is 0 Å². The molecule has 1 aliphatic carbocycles. The van der Waals surface area contributed by atoms with Crippen LogP contribution in [-0.2, 0) is 24.3 Å². The number of hydrogen-bond acceptors (Lipinski definition) is 6. The van der Waals surface area contributed by atoms with Gasteiger partial charge in [-0.3, -0.25) is 9.69 Å². The van der Waals surface area contributed by atoms with Crippen molar-refractivity contribution >= 4 is 30.3 Å². The molecule has 5 aliphatic rings. The summed E-state index contributed by atoms with van der Waals surface area (Å²) in [4.78, 5) is 33.9. The summed E-state index contributed by atoms with van der Waals surface area (Å²) in [6, 6.07) is 7.09. The zero-order chi connectivity index (χ0) is 30.4. The van der Waals surface area contributed by atoms with E-state index in [0.717, 1.165) is 54.5 Å². The zero-order valence-electron chi connectivity index (χ0n) is 27.2. The molecule has 0 aromatic heterocycles. The summed E-state index contributed by atoms with van der Waals surface area (Å²) in [5.74, 6) is 1.64. The van der Waals surface area contributed by atoms with E-state index in [1.807, 2.05) is 20.8 Å². The molecular weight excluding hydrogens is 529 g/mol. The highest BCUT2D eigenvalue weighted by Gasteiger charge is 2.57. The Hall–Kier alpha value is -2.10. The molecule has 1 saturated carbocycles. The van der Waals surface area contributed by atoms with E-state index in [1.165, 1.54) is 0 Å². The predicted molar refractivity (Wildman–Crippen MR) is 165 cm³/mol. The Morgan fingerprint density at radius 2 is 1.52 bits per heavy atom. The average Bonchev–Trinajstić information content (AvgIpc) is 3.39. The molecule has 0 unspecified atom stereocenters. The highest BCUT2D eigenvalue weighted by Crippen LogP contribution is 2.51. The van der Waals surface area contributed by atoms with Gasteiger partial charge in [-0.1, -0.05) is 26.0 Å². The summed E-state index contributed by atoms with van der Waals surface area (Å²) >= 11 is 0. The summed E-state index contributed by atoms with van der Waals surface area (Å²) in [7, 11) is -0.482. The quantitative estimate of drug-likeness (QED) is 0.483. The van der Waals surface area contributed by atoms with Crippen LogP contribution < -0.4 is 10.4 Å². The lowest BCUT2D eigenvalue weighted by atomic mass is 9.71. The average molecular weight is 580 g/mol. The van der Waals surface area contributed by atoms with Crippen molar-refractivity contribution in [3.05, 3.63) is 23.8 Å². The molecule has 2 atom stereocenters. The van der Waals surface area contributed by atoms with Gasteiger partial charge in [0.05, 0.1) is 16.6 Å². The van der Waals surface area contributed by atoms with Crippen LogP contribution >= 0.6 is 0 Å². The van der Waals surface area contributed by atoms with Crippen molar-refractivity contribution in [2.75, 3.05) is 31.1 Å². The lowest BCUT2D eigenvalue weighted by molar-refractivity contribution is -0.126. The minimum atomic E-state index is -0.621. The van der Waals surface area contributed by atoms with Crippen molar-refractivity contribution in [1.82, 2.24) is 9.80 Å². The fourth-order valence-corrected chi connectivity index (χ4v) is 7.52. The largest absolute Gasteiger partial charge is 0.494 e. The SMILES string of the molecule is C[C@@H]1CN(C2CC(N3C(=O)C4(CCN(C(=O)OC(C)(C)C)CC4)c4ccc(B5OC(C)(C)C(C)(C)O5)cc43)C2)C[C@@H]1C. The van der Waals surface area contributed by atoms with Crippen molar-refractivity contribution in [2.45, 2.75) is 122 Å². The number of rotatable bonds is 3. The van der Waals surface area contributed by atoms with Crippen LogP contribution in [-0.4, -0.2) is 84.0 Å². The summed E-state index contributed by atoms with van der Waals surface area (Å²) in [5.41, 5.74) is 0.998. The van der Waals surface area contributed by atoms with E-state index in [-0.39, 0.29) is 18.0 Å². The smallest absolute Gasteiger partial charge is 0.444 e. The molecule has 4 fully saturated rings. The van der Waals surface area contributed by atoms with Crippen LogP contribution in [0.3, 0.4) is 0 Å². The third-order valence-electron chi connectivity index (χ3n) is 11.2. The Morgan fingerprint density at radius 1 is 0.952 bits per heavy atom. The minimum absolute atomic E-state index is 0.185. The van der Waals surface area contributed by atoms with E-state index in [9.17, 15) is 9.59 Å². The number of carbonyl (C=O) groups is 2. The molecule has 1 aromatic carbocycles. The third-order valence-corrected chi connectivity index (χ3v) is 11.2. The number of piperidine rings is 1. The van der Waals surface area contributed by atoms with E-state index < -0.39 is 29.3 Å². The Morgan fingerprint density at radius 3 is 2.07 bits per heavy atom. The topological polar surface area (TPSA) is 71.6 Å². The first kappa shape index (κ1) is 30.0. The Kier molecular flexibility index (Phi) is 7.11. The van der Waals surface area contributed by atoms with Gasteiger partial charge in [-0.05, 0) is 103 Å². The number of nitrogens with zero attached hydrogens (tertiary/aromatic N) is 3. The van der Waals surface area contributed by atoms with Crippen LogP contribution in [0.15, 0.2) is 18.2 Å². The van der Waals surface area contributed by atoms with Gasteiger partial charge in [-0.2, -0.15) is 0 Å². The van der Waals surface area contributed by atoms with Crippen molar-refractivity contribution in [3.8, 4) is 0 Å². The van der Waals surface area contributed by atoms with Crippen LogP contribution in [0.2, 0.25) is 0 Å². The fraction of sp³-hybridized carbons (Fsp3) is 0.758. The van der Waals surface area contributed by atoms with Crippen LogP contribution in [0.5, 0.6) is 0 Å². The summed E-state index contributed by atoms with van der Waals surface area (Å²) in [6.45, 7) is 21.9. The van der Waals surface area contributed by atoms with Gasteiger partial charge in [0.25, 0.3) is 0 Å². The second-order valence-electron chi connectivity index (χ2n) is 15.8. The van der Waals surface area contributed by atoms with Crippen LogP contribution in [0.4, 0.5) is 10.5 Å². The summed E-state index contributed by atoms with van der Waals surface area (Å²) < 4.78 is 18.5. The first-order valence-corrected chi connectivity index (χ1v) is 16.1. The van der Waals surface area contributed by atoms with Gasteiger partial charge in [0.1, 0.15) is 5.60 Å². The van der Waals surface area contributed by atoms with Gasteiger partial charge in [0.2, 0.25) is 5.91 Å². The number of benzene rings is 1. The molecular formula is C33H50BN3O5. The van der Waals surface area contributed by atoms with Crippen LogP contribution in [0.25, 0.3) is 0 Å². The van der Waals surface area contributed by atoms with E-state index in [2.05, 4.69) is 69.5 Å². The second-order valence-corrected chi connectivity index (χ2v) is 15.8. The number of anilines is 1. The van der Waals surface area contributed by atoms with Crippen molar-refractivity contribution in [3.63, 3.8) is 0 Å². The number of fused-ring (bicyclic) bond motifs is 2. The van der Waals surface area contributed by atoms with E-state index in [0.29, 0.717) is 32.0 Å². The van der Waals surface area contributed by atoms with Crippen LogP contribution in [0, 0.1) is 11.8 Å². The van der Waals surface area contributed by atoms with Gasteiger partial charge in [0.15, 0.2) is 0 Å². The molecule has 3 saturated heterocycles. The molecule has 8 nitrogen and oxygen atoms in total. The zero-order valence-corrected chi connectivity index (χ0v) is 27.2. The molecule has 4 heterocycles. The number of hydrogen-bond donors (Lipinski definition) is 0. The van der Waals surface area contributed by atoms with E-state index in [4.69, 9.17) is 14.0 Å². The fourth-order valence-electron chi connectivity index (χ4n) is 7.52. The Balaban J connectivity index is 1.27. The maximum absolute atomic E-state index is 14.6. The molecule has 0 N–H and O–H groups in total. The number of carbonyl (C=O) groups excluding carboxylic acids is 2. The molecule has 2 amide bonds. The number of likely N-dealkylation sites (tertiary alicyclic amines) is 2. The molecule has 1 aromatic rings. The van der Waals surface area contributed by atoms with Gasteiger partial charge in [-0.25, -0.2) is 4.79 Å². The van der Waals surface area contributed by atoms with Crippen molar-refractivity contribution < 1.29 is 23.6 Å². The maximum atomic E-state index is 14.6. The minimum Gasteiger partial charge on any atom is -0.444 e. The number of amides is 2. The molecule has 9 heteroatoms. The van der Waals surface area contributed by atoms with E-state index in [1.54, 1.807) is 4.90 Å². The van der Waals surface area contributed by atoms with Crippen molar-refractivity contribution in [2.24, 2.45) is 11.8 Å². The lowest BCUT2D eigenvalue weighted by Gasteiger charge is -2.46. The van der Waals surface area contributed by atoms with Crippen LogP contribution in [0.1, 0.15) is 93.6 Å². The second kappa shape index (κ2) is 9.96.